The third-order valence-electron chi connectivity index (χ3n) is 5.12. The number of piperidine rings is 1. The van der Waals surface area contributed by atoms with E-state index in [0.29, 0.717) is 29.6 Å². The Balaban J connectivity index is 1.42. The van der Waals surface area contributed by atoms with Crippen LogP contribution >= 0.6 is 0 Å². The van der Waals surface area contributed by atoms with Crippen LogP contribution < -0.4 is 15.5 Å². The Morgan fingerprint density at radius 2 is 1.66 bits per heavy atom. The van der Waals surface area contributed by atoms with Gasteiger partial charge in [0.05, 0.1) is 0 Å². The summed E-state index contributed by atoms with van der Waals surface area (Å²) >= 11 is 0. The zero-order valence-corrected chi connectivity index (χ0v) is 16.7. The molecule has 2 heterocycles. The summed E-state index contributed by atoms with van der Waals surface area (Å²) in [7, 11) is 0. The van der Waals surface area contributed by atoms with Crippen molar-refractivity contribution < 1.29 is 4.39 Å². The number of hydrogen-bond acceptors (Lipinski definition) is 5. The molecule has 0 bridgehead atoms. The van der Waals surface area contributed by atoms with E-state index < -0.39 is 0 Å². The Hall–Kier alpha value is -3.15. The van der Waals surface area contributed by atoms with Gasteiger partial charge in [0.15, 0.2) is 0 Å². The van der Waals surface area contributed by atoms with Gasteiger partial charge >= 0.3 is 0 Å². The minimum absolute atomic E-state index is 0.224. The molecule has 0 spiro atoms. The molecule has 0 saturated carbocycles. The van der Waals surface area contributed by atoms with E-state index in [1.54, 1.807) is 12.1 Å². The molecule has 1 aliphatic rings. The van der Waals surface area contributed by atoms with Crippen LogP contribution in [0.25, 0.3) is 0 Å². The molecule has 6 heteroatoms. The maximum atomic E-state index is 13.8. The van der Waals surface area contributed by atoms with Crippen molar-refractivity contribution in [3.8, 4) is 0 Å². The number of rotatable bonds is 6. The molecule has 0 unspecified atom stereocenters. The fourth-order valence-corrected chi connectivity index (χ4v) is 3.61. The fraction of sp³-hybridized carbons (Fsp3) is 0.304. The molecular weight excluding hydrogens is 365 g/mol. The molecule has 2 N–H and O–H groups in total. The Morgan fingerprint density at radius 1 is 0.931 bits per heavy atom. The average molecular weight is 391 g/mol. The van der Waals surface area contributed by atoms with Crippen molar-refractivity contribution in [2.45, 2.75) is 32.7 Å². The van der Waals surface area contributed by atoms with Crippen LogP contribution in [0.3, 0.4) is 0 Å². The number of hydrogen-bond donors (Lipinski definition) is 2. The van der Waals surface area contributed by atoms with Gasteiger partial charge in [-0.05, 0) is 56.5 Å². The van der Waals surface area contributed by atoms with Crippen LogP contribution in [0, 0.1) is 12.7 Å². The summed E-state index contributed by atoms with van der Waals surface area (Å²) in [4.78, 5) is 11.3. The molecule has 5 nitrogen and oxygen atoms in total. The molecule has 29 heavy (non-hydrogen) atoms. The van der Waals surface area contributed by atoms with E-state index in [0.717, 1.165) is 18.8 Å². The summed E-state index contributed by atoms with van der Waals surface area (Å²) < 4.78 is 13.8. The predicted molar refractivity (Wildman–Crippen MR) is 116 cm³/mol. The second-order valence-electron chi connectivity index (χ2n) is 7.35. The van der Waals surface area contributed by atoms with E-state index in [1.165, 1.54) is 31.0 Å². The van der Waals surface area contributed by atoms with Gasteiger partial charge < -0.3 is 15.5 Å². The minimum atomic E-state index is -0.224. The highest BCUT2D eigenvalue weighted by molar-refractivity contribution is 5.62. The maximum absolute atomic E-state index is 13.8. The third-order valence-corrected chi connectivity index (χ3v) is 5.12. The number of benzene rings is 2. The standard InChI is InChI=1S/C23H26FN5/c1-17-26-22(25-16-18-7-3-4-8-21(18)24)15-23(27-17)28-19-9-11-20(12-10-19)29-13-5-2-6-14-29/h3-4,7-12,15H,2,5-6,13-14,16H2,1H3,(H2,25,26,27,28). The summed E-state index contributed by atoms with van der Waals surface area (Å²) in [6.07, 6.45) is 3.86. The molecule has 4 rings (SSSR count). The normalized spacial score (nSPS) is 13.9. The number of aromatic nitrogens is 2. The third kappa shape index (κ3) is 5.02. The van der Waals surface area contributed by atoms with Crippen molar-refractivity contribution >= 4 is 23.0 Å². The van der Waals surface area contributed by atoms with Crippen LogP contribution in [-0.4, -0.2) is 23.1 Å². The van der Waals surface area contributed by atoms with E-state index in [4.69, 9.17) is 0 Å². The Morgan fingerprint density at radius 3 is 2.41 bits per heavy atom. The average Bonchev–Trinajstić information content (AvgIpc) is 2.74. The van der Waals surface area contributed by atoms with Crippen molar-refractivity contribution in [1.29, 1.82) is 0 Å². The second kappa shape index (κ2) is 8.90. The van der Waals surface area contributed by atoms with E-state index in [2.05, 4.69) is 49.8 Å². The largest absolute Gasteiger partial charge is 0.372 e. The van der Waals surface area contributed by atoms with E-state index in [9.17, 15) is 4.39 Å². The number of nitrogens with one attached hydrogen (secondary N) is 2. The predicted octanol–water partition coefficient (Wildman–Crippen LogP) is 5.27. The smallest absolute Gasteiger partial charge is 0.136 e. The number of nitrogens with zero attached hydrogens (tertiary/aromatic N) is 3. The Kier molecular flexibility index (Phi) is 5.89. The minimum Gasteiger partial charge on any atom is -0.372 e. The summed E-state index contributed by atoms with van der Waals surface area (Å²) in [5.41, 5.74) is 2.84. The molecule has 0 radical (unpaired) electrons. The molecule has 2 aromatic carbocycles. The maximum Gasteiger partial charge on any atom is 0.136 e. The Bertz CT molecular complexity index is 952. The van der Waals surface area contributed by atoms with Gasteiger partial charge in [0.1, 0.15) is 23.3 Å². The summed E-state index contributed by atoms with van der Waals surface area (Å²) in [5.74, 6) is 1.79. The molecule has 0 amide bonds. The number of aryl methyl sites for hydroxylation is 1. The SMILES string of the molecule is Cc1nc(NCc2ccccc2F)cc(Nc2ccc(N3CCCCC3)cc2)n1. The highest BCUT2D eigenvalue weighted by Crippen LogP contribution is 2.24. The highest BCUT2D eigenvalue weighted by Gasteiger charge is 2.11. The first kappa shape index (κ1) is 19.2. The topological polar surface area (TPSA) is 53.1 Å². The van der Waals surface area contributed by atoms with Gasteiger partial charge in [-0.25, -0.2) is 14.4 Å². The number of halogens is 1. The molecule has 1 saturated heterocycles. The molecule has 0 aliphatic carbocycles. The van der Waals surface area contributed by atoms with Crippen molar-refractivity contribution in [3.63, 3.8) is 0 Å². The molecule has 1 fully saturated rings. The van der Waals surface area contributed by atoms with Gasteiger partial charge in [0.2, 0.25) is 0 Å². The quantitative estimate of drug-likeness (QED) is 0.599. The van der Waals surface area contributed by atoms with Crippen LogP contribution in [-0.2, 0) is 6.54 Å². The lowest BCUT2D eigenvalue weighted by atomic mass is 10.1. The molecule has 1 aromatic heterocycles. The van der Waals surface area contributed by atoms with Gasteiger partial charge in [-0.15, -0.1) is 0 Å². The van der Waals surface area contributed by atoms with E-state index in [-0.39, 0.29) is 5.82 Å². The fourth-order valence-electron chi connectivity index (χ4n) is 3.61. The van der Waals surface area contributed by atoms with Crippen LogP contribution in [0.1, 0.15) is 30.7 Å². The van der Waals surface area contributed by atoms with Crippen LogP contribution in [0.15, 0.2) is 54.6 Å². The van der Waals surface area contributed by atoms with E-state index in [1.807, 2.05) is 19.1 Å². The monoisotopic (exact) mass is 391 g/mol. The van der Waals surface area contributed by atoms with Crippen LogP contribution in [0.2, 0.25) is 0 Å². The van der Waals surface area contributed by atoms with Gasteiger partial charge in [0, 0.05) is 42.6 Å². The lowest BCUT2D eigenvalue weighted by Gasteiger charge is -2.28. The van der Waals surface area contributed by atoms with Gasteiger partial charge in [-0.2, -0.15) is 0 Å². The molecule has 0 atom stereocenters. The van der Waals surface area contributed by atoms with Crippen molar-refractivity contribution in [2.75, 3.05) is 28.6 Å². The zero-order valence-electron chi connectivity index (χ0n) is 16.7. The molecule has 3 aromatic rings. The first-order valence-corrected chi connectivity index (χ1v) is 10.1. The number of anilines is 4. The van der Waals surface area contributed by atoms with Crippen LogP contribution in [0.4, 0.5) is 27.4 Å². The highest BCUT2D eigenvalue weighted by atomic mass is 19.1. The van der Waals surface area contributed by atoms with Crippen LogP contribution in [0.5, 0.6) is 0 Å². The zero-order chi connectivity index (χ0) is 20.1. The lowest BCUT2D eigenvalue weighted by molar-refractivity contribution is 0.578. The van der Waals surface area contributed by atoms with Crippen molar-refractivity contribution in [3.05, 3.63) is 71.8 Å². The van der Waals surface area contributed by atoms with E-state index >= 15 is 0 Å². The summed E-state index contributed by atoms with van der Waals surface area (Å²) in [5, 5.41) is 6.52. The molecule has 150 valence electrons. The second-order valence-corrected chi connectivity index (χ2v) is 7.35. The lowest BCUT2D eigenvalue weighted by Crippen LogP contribution is -2.29. The van der Waals surface area contributed by atoms with Gasteiger partial charge in [-0.1, -0.05) is 18.2 Å². The Labute approximate surface area is 171 Å². The van der Waals surface area contributed by atoms with Gasteiger partial charge in [-0.3, -0.25) is 0 Å². The molecular formula is C23H26FN5. The molecule has 1 aliphatic heterocycles. The van der Waals surface area contributed by atoms with Crippen molar-refractivity contribution in [2.24, 2.45) is 0 Å². The summed E-state index contributed by atoms with van der Waals surface area (Å²) in [6.45, 7) is 4.48. The first-order chi connectivity index (χ1) is 14.2. The van der Waals surface area contributed by atoms with Gasteiger partial charge in [0.25, 0.3) is 0 Å². The summed E-state index contributed by atoms with van der Waals surface area (Å²) in [6, 6.07) is 17.0. The van der Waals surface area contributed by atoms with Crippen molar-refractivity contribution in [1.82, 2.24) is 9.97 Å². The first-order valence-electron chi connectivity index (χ1n) is 10.1.